The van der Waals surface area contributed by atoms with Crippen LogP contribution in [0.5, 0.6) is 109 Å². The van der Waals surface area contributed by atoms with Gasteiger partial charge in [-0.1, -0.05) is 0 Å². The first-order valence-corrected chi connectivity index (χ1v) is 29.7. The van der Waals surface area contributed by atoms with E-state index in [-0.39, 0.29) is 29.0 Å². The number of aromatic amines is 2. The van der Waals surface area contributed by atoms with Crippen molar-refractivity contribution in [2.24, 2.45) is 0 Å². The van der Waals surface area contributed by atoms with Crippen LogP contribution in [-0.4, -0.2) is 87.6 Å². The third-order valence-corrected chi connectivity index (χ3v) is 15.7. The Hall–Kier alpha value is -13.0. The zero-order valence-corrected chi connectivity index (χ0v) is 51.6. The molecule has 5 heterocycles. The van der Waals surface area contributed by atoms with Gasteiger partial charge < -0.3 is 71.9 Å². The lowest BCUT2D eigenvalue weighted by Crippen LogP contribution is -1.94. The van der Waals surface area contributed by atoms with Crippen molar-refractivity contribution in [1.29, 1.82) is 0 Å². The Morgan fingerprint density at radius 2 is 0.442 bits per heavy atom. The van der Waals surface area contributed by atoms with Gasteiger partial charge >= 0.3 is 0 Å². The standard InChI is InChI=1S/C74H54N8O13/c1-84-41-8-20-47(21-9-41)90-61-34-55-56(35-62(61)91-48-22-10-42(85-2)11-23-48)71-78-69(55)76-67-53-32-7-40(83)33-54(53)68(75-67)77-70-57-36-63(92-49-24-12-43(86-3)13-25-49)64(93-50-26-14-44(87-4)15-27-50)37-58(57)72(79-70)81-74-60-39-66(95-52-30-18-46(89-6)19-31-52)65(38-59(60)73(80-71)82-74)94-51-28-16-45(88-5)17-29-51/h7-39,83H,1-6H3,(H2,75,76,77,78,79,80,81,82). The normalized spacial score (nSPS) is 11.3. The molecule has 0 saturated carbocycles. The number of nitrogens with one attached hydrogen (secondary N) is 2. The summed E-state index contributed by atoms with van der Waals surface area (Å²) < 4.78 is 73.3. The summed E-state index contributed by atoms with van der Waals surface area (Å²) in [4.78, 5) is 39.0. The Bertz CT molecular complexity index is 5260. The largest absolute Gasteiger partial charge is 0.508 e. The Kier molecular flexibility index (Phi) is 15.1. The highest BCUT2D eigenvalue weighted by Gasteiger charge is 2.29. The molecule has 0 amide bonds. The molecule has 21 heteroatoms. The lowest BCUT2D eigenvalue weighted by Gasteiger charge is -2.15. The number of H-pyrrole nitrogens is 2. The molecule has 10 aromatic carbocycles. The second kappa shape index (κ2) is 24.6. The molecule has 0 saturated heterocycles. The van der Waals surface area contributed by atoms with Crippen molar-refractivity contribution in [2.45, 2.75) is 0 Å². The van der Waals surface area contributed by atoms with Gasteiger partial charge in [-0.3, -0.25) is 0 Å². The van der Waals surface area contributed by atoms with Gasteiger partial charge in [0.2, 0.25) is 0 Å². The molecule has 3 N–H and O–H groups in total. The maximum atomic E-state index is 11.2. The van der Waals surface area contributed by atoms with E-state index in [2.05, 4.69) is 9.97 Å². The molecule has 0 aliphatic carbocycles. The monoisotopic (exact) mass is 1260 g/mol. The number of aromatic nitrogens is 8. The van der Waals surface area contributed by atoms with E-state index < -0.39 is 0 Å². The first-order valence-electron chi connectivity index (χ1n) is 29.7. The molecule has 15 rings (SSSR count). The smallest absolute Gasteiger partial charge is 0.170 e. The number of rotatable bonds is 18. The Balaban J connectivity index is 1.02. The highest BCUT2D eigenvalue weighted by Crippen LogP contribution is 2.49. The number of phenols is 1. The SMILES string of the molecule is COc1ccc(Oc2cc3c(cc2Oc2ccc(OC)cc2)-c2nc-3nc3[nH]c(nc4nc(nc5[nH]c(n2)c2cc(Oc6ccc(OC)cc6)c(Oc6ccc(OC)cc6)cc52)-c2cc(Oc5ccc(OC)cc5)c(Oc5ccc(OC)cc5)cc2-4)c2cc(O)ccc32)cc1. The average Bonchev–Trinajstić information content (AvgIpc) is 1.61. The van der Waals surface area contributed by atoms with Crippen LogP contribution in [0, 0.1) is 0 Å². The van der Waals surface area contributed by atoms with Gasteiger partial charge in [0.1, 0.15) is 97.3 Å². The minimum atomic E-state index is -0.0123. The lowest BCUT2D eigenvalue weighted by molar-refractivity contribution is 0.405. The van der Waals surface area contributed by atoms with Crippen LogP contribution in [0.2, 0.25) is 0 Å². The maximum Gasteiger partial charge on any atom is 0.170 e. The summed E-state index contributed by atoms with van der Waals surface area (Å²) >= 11 is 0. The molecule has 0 atom stereocenters. The summed E-state index contributed by atoms with van der Waals surface area (Å²) in [6.07, 6.45) is 0. The summed E-state index contributed by atoms with van der Waals surface area (Å²) in [6, 6.07) is 59.0. The van der Waals surface area contributed by atoms with Crippen LogP contribution in [0.3, 0.4) is 0 Å². The van der Waals surface area contributed by atoms with Crippen molar-refractivity contribution >= 4 is 44.1 Å². The van der Waals surface area contributed by atoms with E-state index in [1.165, 1.54) is 0 Å². The molecular weight excluding hydrogens is 1210 g/mol. The number of methoxy groups -OCH3 is 6. The molecule has 0 fully saturated rings. The third kappa shape index (κ3) is 11.7. The van der Waals surface area contributed by atoms with Gasteiger partial charge in [-0.05, 0) is 200 Å². The minimum Gasteiger partial charge on any atom is -0.508 e. The number of nitrogens with zero attached hydrogens (tertiary/aromatic N) is 6. The second-order valence-electron chi connectivity index (χ2n) is 21.5. The predicted molar refractivity (Wildman–Crippen MR) is 356 cm³/mol. The summed E-state index contributed by atoms with van der Waals surface area (Å²) in [6.45, 7) is 0. The first kappa shape index (κ1) is 58.3. The van der Waals surface area contributed by atoms with E-state index in [4.69, 9.17) is 86.7 Å². The molecule has 2 aliphatic heterocycles. The minimum absolute atomic E-state index is 0.0123. The first-order chi connectivity index (χ1) is 46.5. The fraction of sp³-hybridized carbons (Fsp3) is 0.0811. The van der Waals surface area contributed by atoms with Crippen LogP contribution in [0.25, 0.3) is 89.7 Å². The highest BCUT2D eigenvalue weighted by molar-refractivity contribution is 6.08. The van der Waals surface area contributed by atoms with Crippen LogP contribution >= 0.6 is 0 Å². The van der Waals surface area contributed by atoms with E-state index >= 15 is 0 Å². The Labute approximate surface area is 541 Å². The molecule has 0 unspecified atom stereocenters. The molecule has 468 valence electrons. The quantitative estimate of drug-likeness (QED) is 0.0723. The molecule has 2 aliphatic rings. The number of ether oxygens (including phenoxy) is 12. The van der Waals surface area contributed by atoms with Gasteiger partial charge in [0, 0.05) is 43.8 Å². The van der Waals surface area contributed by atoms with Crippen molar-refractivity contribution in [2.75, 3.05) is 42.7 Å². The van der Waals surface area contributed by atoms with Gasteiger partial charge in [0.25, 0.3) is 0 Å². The van der Waals surface area contributed by atoms with Crippen molar-refractivity contribution in [3.05, 3.63) is 200 Å². The Morgan fingerprint density at radius 1 is 0.232 bits per heavy atom. The molecule has 95 heavy (non-hydrogen) atoms. The molecule has 8 bridgehead atoms. The summed E-state index contributed by atoms with van der Waals surface area (Å²) in [5, 5.41) is 13.4. The van der Waals surface area contributed by atoms with E-state index in [9.17, 15) is 5.11 Å². The zero-order valence-electron chi connectivity index (χ0n) is 51.6. The molecule has 3 aromatic heterocycles. The van der Waals surface area contributed by atoms with Crippen LogP contribution in [0.4, 0.5) is 0 Å². The van der Waals surface area contributed by atoms with Crippen LogP contribution < -0.4 is 56.8 Å². The van der Waals surface area contributed by atoms with E-state index in [1.807, 2.05) is 36.4 Å². The van der Waals surface area contributed by atoms with Crippen LogP contribution in [-0.2, 0) is 0 Å². The van der Waals surface area contributed by atoms with Crippen LogP contribution in [0.1, 0.15) is 0 Å². The van der Waals surface area contributed by atoms with Crippen molar-refractivity contribution < 1.29 is 61.9 Å². The number of benzene rings is 10. The predicted octanol–water partition coefficient (Wildman–Crippen LogP) is 17.4. The number of phenolic OH excluding ortho intramolecular Hbond substituents is 1. The third-order valence-electron chi connectivity index (χ3n) is 15.7. The molecule has 0 spiro atoms. The van der Waals surface area contributed by atoms with Gasteiger partial charge in [-0.2, -0.15) is 0 Å². The number of fused-ring (bicyclic) bond motifs is 20. The lowest BCUT2D eigenvalue weighted by atomic mass is 10.1. The van der Waals surface area contributed by atoms with Crippen LogP contribution in [0.15, 0.2) is 200 Å². The summed E-state index contributed by atoms with van der Waals surface area (Å²) in [5.41, 5.74) is 3.37. The summed E-state index contributed by atoms with van der Waals surface area (Å²) in [5.74, 6) is 9.62. The summed E-state index contributed by atoms with van der Waals surface area (Å²) in [7, 11) is 9.59. The number of hydrogen-bond donors (Lipinski definition) is 3. The number of hydrogen-bond acceptors (Lipinski definition) is 19. The highest BCUT2D eigenvalue weighted by atomic mass is 16.5. The number of aromatic hydroxyl groups is 1. The van der Waals surface area contributed by atoms with Gasteiger partial charge in [0.05, 0.1) is 42.7 Å². The van der Waals surface area contributed by atoms with Gasteiger partial charge in [-0.25, -0.2) is 29.9 Å². The molecule has 13 aromatic rings. The molecule has 0 radical (unpaired) electrons. The van der Waals surface area contributed by atoms with Crippen molar-refractivity contribution in [1.82, 2.24) is 39.9 Å². The topological polar surface area (TPSA) is 240 Å². The van der Waals surface area contributed by atoms with E-state index in [0.717, 1.165) is 0 Å². The average molecular weight is 1260 g/mol. The fourth-order valence-electron chi connectivity index (χ4n) is 10.9. The van der Waals surface area contributed by atoms with E-state index in [1.54, 1.807) is 206 Å². The van der Waals surface area contributed by atoms with Gasteiger partial charge in [0.15, 0.2) is 57.8 Å². The maximum absolute atomic E-state index is 11.2. The molecule has 21 nitrogen and oxygen atoms in total. The zero-order chi connectivity index (χ0) is 64.7. The van der Waals surface area contributed by atoms with Crippen molar-refractivity contribution in [3.63, 3.8) is 0 Å². The molecular formula is C74H54N8O13. The van der Waals surface area contributed by atoms with Crippen molar-refractivity contribution in [3.8, 4) is 155 Å². The Morgan fingerprint density at radius 3 is 0.684 bits per heavy atom. The second-order valence-corrected chi connectivity index (χ2v) is 21.5. The van der Waals surface area contributed by atoms with E-state index in [0.29, 0.717) is 170 Å². The fourth-order valence-corrected chi connectivity index (χ4v) is 10.9. The van der Waals surface area contributed by atoms with Gasteiger partial charge in [-0.15, -0.1) is 0 Å².